The molecule has 0 spiro atoms. The molecule has 1 heterocycles. The Hall–Kier alpha value is -2.63. The largest absolute Gasteiger partial charge is 0.291 e. The maximum Gasteiger partial charge on any atom is 0.173 e. The van der Waals surface area contributed by atoms with Gasteiger partial charge in [-0.3, -0.25) is 4.57 Å². The van der Waals surface area contributed by atoms with E-state index in [0.29, 0.717) is 11.3 Å². The molecule has 1 aliphatic rings. The van der Waals surface area contributed by atoms with Crippen molar-refractivity contribution in [1.29, 1.82) is 0 Å². The van der Waals surface area contributed by atoms with Crippen LogP contribution in [0.3, 0.4) is 0 Å². The third kappa shape index (κ3) is 4.44. The van der Waals surface area contributed by atoms with Gasteiger partial charge in [0.1, 0.15) is 11.6 Å². The van der Waals surface area contributed by atoms with E-state index in [1.165, 1.54) is 35.5 Å². The Morgan fingerprint density at radius 1 is 1.06 bits per heavy atom. The lowest BCUT2D eigenvalue weighted by molar-refractivity contribution is 0.586. The van der Waals surface area contributed by atoms with Gasteiger partial charge in [-0.2, -0.15) is 0 Å². The summed E-state index contributed by atoms with van der Waals surface area (Å²) in [4.78, 5) is 4.99. The summed E-state index contributed by atoms with van der Waals surface area (Å²) in [6.07, 6.45) is 2.93. The van der Waals surface area contributed by atoms with Gasteiger partial charge in [-0.1, -0.05) is 53.7 Å². The van der Waals surface area contributed by atoms with Gasteiger partial charge in [0.05, 0.1) is 11.4 Å². The molecule has 1 aliphatic carbocycles. The zero-order valence-corrected chi connectivity index (χ0v) is 19.8. The molecule has 1 unspecified atom stereocenters. The highest BCUT2D eigenvalue weighted by atomic mass is 35.5. The van der Waals surface area contributed by atoms with Crippen molar-refractivity contribution in [2.24, 2.45) is 0 Å². The molecule has 0 saturated heterocycles. The summed E-state index contributed by atoms with van der Waals surface area (Å²) in [5.74, 6) is 0.126. The summed E-state index contributed by atoms with van der Waals surface area (Å²) in [5, 5.41) is 1.55. The summed E-state index contributed by atoms with van der Waals surface area (Å²) < 4.78 is 30.1. The van der Waals surface area contributed by atoms with Crippen molar-refractivity contribution in [2.45, 2.75) is 43.0 Å². The molecule has 1 atom stereocenters. The minimum Gasteiger partial charge on any atom is -0.291 e. The molecule has 0 saturated carbocycles. The molecule has 5 rings (SSSR count). The van der Waals surface area contributed by atoms with E-state index in [1.807, 2.05) is 19.1 Å². The van der Waals surface area contributed by atoms with E-state index in [-0.39, 0.29) is 17.6 Å². The Labute approximate surface area is 201 Å². The van der Waals surface area contributed by atoms with Crippen molar-refractivity contribution < 1.29 is 8.78 Å². The molecule has 33 heavy (non-hydrogen) atoms. The lowest BCUT2D eigenvalue weighted by Crippen LogP contribution is -2.15. The van der Waals surface area contributed by atoms with Gasteiger partial charge in [-0.05, 0) is 79.3 Å². The number of fused-ring (bicyclic) bond motifs is 1. The normalized spacial score (nSPS) is 15.5. The van der Waals surface area contributed by atoms with Crippen LogP contribution in [0.15, 0.2) is 71.9 Å². The van der Waals surface area contributed by atoms with Crippen molar-refractivity contribution in [3.05, 3.63) is 111 Å². The summed E-state index contributed by atoms with van der Waals surface area (Å²) in [7, 11) is 0. The highest BCUT2D eigenvalue weighted by Gasteiger charge is 2.30. The Bertz CT molecular complexity index is 1300. The highest BCUT2D eigenvalue weighted by Crippen LogP contribution is 2.41. The summed E-state index contributed by atoms with van der Waals surface area (Å²) in [6.45, 7) is 2.02. The van der Waals surface area contributed by atoms with Gasteiger partial charge in [0, 0.05) is 22.4 Å². The number of benzene rings is 3. The first-order valence-electron chi connectivity index (χ1n) is 11.0. The number of nitrogens with zero attached hydrogens (tertiary/aromatic N) is 2. The van der Waals surface area contributed by atoms with Crippen LogP contribution < -0.4 is 0 Å². The number of aromatic nitrogens is 2. The Morgan fingerprint density at radius 3 is 2.61 bits per heavy atom. The van der Waals surface area contributed by atoms with Crippen LogP contribution in [0.2, 0.25) is 5.02 Å². The number of hydrogen-bond donors (Lipinski definition) is 0. The average molecular weight is 481 g/mol. The van der Waals surface area contributed by atoms with Gasteiger partial charge in [-0.15, -0.1) is 0 Å². The van der Waals surface area contributed by atoms with Gasteiger partial charge < -0.3 is 0 Å². The standard InChI is InChI=1S/C27H23ClF2N2S/c1-17-15-18(9-14-23(17)28)22-6-4-8-25-26(22)32(21-12-10-20(29)11-13-21)27(31-25)33-16-19-5-2-3-7-24(19)30/h2-3,5,7,9-15,22H,4,6,8,16H2,1H3. The van der Waals surface area contributed by atoms with E-state index in [2.05, 4.69) is 16.7 Å². The zero-order valence-electron chi connectivity index (χ0n) is 18.2. The molecule has 0 amide bonds. The lowest BCUT2D eigenvalue weighted by atomic mass is 9.83. The smallest absolute Gasteiger partial charge is 0.173 e. The molecule has 168 valence electrons. The van der Waals surface area contributed by atoms with Crippen LogP contribution in [0.5, 0.6) is 0 Å². The van der Waals surface area contributed by atoms with Gasteiger partial charge in [0.2, 0.25) is 0 Å². The quantitative estimate of drug-likeness (QED) is 0.270. The van der Waals surface area contributed by atoms with E-state index in [0.717, 1.165) is 52.1 Å². The molecule has 2 nitrogen and oxygen atoms in total. The first-order valence-corrected chi connectivity index (χ1v) is 12.4. The number of hydrogen-bond acceptors (Lipinski definition) is 2. The fraction of sp³-hybridized carbons (Fsp3) is 0.222. The van der Waals surface area contributed by atoms with E-state index in [1.54, 1.807) is 24.3 Å². The second-order valence-electron chi connectivity index (χ2n) is 8.37. The maximum absolute atomic E-state index is 14.2. The van der Waals surface area contributed by atoms with Crippen LogP contribution in [0.4, 0.5) is 8.78 Å². The van der Waals surface area contributed by atoms with Crippen molar-refractivity contribution in [3.63, 3.8) is 0 Å². The Morgan fingerprint density at radius 2 is 1.85 bits per heavy atom. The van der Waals surface area contributed by atoms with Gasteiger partial charge in [0.25, 0.3) is 0 Å². The Balaban J connectivity index is 1.61. The summed E-state index contributed by atoms with van der Waals surface area (Å²) >= 11 is 7.80. The Kier molecular flexibility index (Phi) is 6.26. The molecule has 3 aromatic carbocycles. The maximum atomic E-state index is 14.2. The van der Waals surface area contributed by atoms with Crippen LogP contribution in [0.25, 0.3) is 5.69 Å². The van der Waals surface area contributed by atoms with E-state index < -0.39 is 0 Å². The fourth-order valence-corrected chi connectivity index (χ4v) is 5.65. The SMILES string of the molecule is Cc1cc(C2CCCc3nc(SCc4ccccc4F)n(-c4ccc(F)cc4)c32)ccc1Cl. The molecular formula is C27H23ClF2N2S. The van der Waals surface area contributed by atoms with Gasteiger partial charge >= 0.3 is 0 Å². The molecule has 4 aromatic rings. The van der Waals surface area contributed by atoms with Crippen LogP contribution >= 0.6 is 23.4 Å². The van der Waals surface area contributed by atoms with Crippen LogP contribution in [-0.4, -0.2) is 9.55 Å². The molecule has 0 bridgehead atoms. The number of imidazole rings is 1. The van der Waals surface area contributed by atoms with E-state index >= 15 is 0 Å². The van der Waals surface area contributed by atoms with Gasteiger partial charge in [-0.25, -0.2) is 13.8 Å². The minimum absolute atomic E-state index is 0.157. The summed E-state index contributed by atoms with van der Waals surface area (Å²) in [5.41, 5.74) is 5.93. The molecule has 0 N–H and O–H groups in total. The van der Waals surface area contributed by atoms with Crippen LogP contribution in [0.1, 0.15) is 46.8 Å². The first-order chi connectivity index (χ1) is 16.0. The molecule has 0 aliphatic heterocycles. The predicted molar refractivity (Wildman–Crippen MR) is 130 cm³/mol. The number of rotatable bonds is 5. The topological polar surface area (TPSA) is 17.8 Å². The van der Waals surface area contributed by atoms with Crippen LogP contribution in [-0.2, 0) is 12.2 Å². The third-order valence-electron chi connectivity index (χ3n) is 6.18. The van der Waals surface area contributed by atoms with Crippen molar-refractivity contribution >= 4 is 23.4 Å². The minimum atomic E-state index is -0.279. The molecule has 1 aromatic heterocycles. The molecule has 0 radical (unpaired) electrons. The summed E-state index contributed by atoms with van der Waals surface area (Å²) in [6, 6.07) is 19.5. The van der Waals surface area contributed by atoms with E-state index in [9.17, 15) is 8.78 Å². The molecular weight excluding hydrogens is 458 g/mol. The monoisotopic (exact) mass is 480 g/mol. The van der Waals surface area contributed by atoms with Gasteiger partial charge in [0.15, 0.2) is 5.16 Å². The highest BCUT2D eigenvalue weighted by molar-refractivity contribution is 7.98. The lowest BCUT2D eigenvalue weighted by Gasteiger charge is -2.25. The fourth-order valence-electron chi connectivity index (χ4n) is 4.51. The van der Waals surface area contributed by atoms with Crippen molar-refractivity contribution in [3.8, 4) is 5.69 Å². The van der Waals surface area contributed by atoms with Crippen molar-refractivity contribution in [2.75, 3.05) is 0 Å². The third-order valence-corrected chi connectivity index (χ3v) is 7.59. The molecule has 6 heteroatoms. The number of thioether (sulfide) groups is 1. The zero-order chi connectivity index (χ0) is 22.9. The van der Waals surface area contributed by atoms with Crippen molar-refractivity contribution in [1.82, 2.24) is 9.55 Å². The molecule has 0 fully saturated rings. The predicted octanol–water partition coefficient (Wildman–Crippen LogP) is 7.87. The second-order valence-corrected chi connectivity index (χ2v) is 9.72. The number of halogens is 3. The average Bonchev–Trinajstić information content (AvgIpc) is 3.19. The first kappa shape index (κ1) is 22.2. The second kappa shape index (κ2) is 9.32. The van der Waals surface area contributed by atoms with Crippen LogP contribution in [0, 0.1) is 18.6 Å². The number of aryl methyl sites for hydroxylation is 2. The van der Waals surface area contributed by atoms with E-state index in [4.69, 9.17) is 16.6 Å².